The van der Waals surface area contributed by atoms with Crippen molar-refractivity contribution in [3.8, 4) is 11.5 Å². The average molecular weight is 396 g/mol. The van der Waals surface area contributed by atoms with Gasteiger partial charge in [0.1, 0.15) is 0 Å². The Morgan fingerprint density at radius 3 is 2.26 bits per heavy atom. The number of ether oxygens (including phenoxy) is 2. The smallest absolute Gasteiger partial charge is 0.304 e. The van der Waals surface area contributed by atoms with Crippen LogP contribution in [0, 0.1) is 0 Å². The molecule has 0 amide bonds. The van der Waals surface area contributed by atoms with Crippen LogP contribution in [0.5, 0.6) is 11.5 Å². The van der Waals surface area contributed by atoms with Crippen LogP contribution in [0.3, 0.4) is 0 Å². The largest absolute Gasteiger partial charge is 0.493 e. The lowest BCUT2D eigenvalue weighted by Gasteiger charge is -2.13. The Morgan fingerprint density at radius 1 is 1.26 bits per heavy atom. The van der Waals surface area contributed by atoms with E-state index in [1.807, 2.05) is 0 Å². The number of carbonyl (C=O) groups is 2. The number of hydrogen-bond acceptors (Lipinski definition) is 4. The van der Waals surface area contributed by atoms with Gasteiger partial charge in [-0.1, -0.05) is 15.9 Å². The van der Waals surface area contributed by atoms with Crippen molar-refractivity contribution < 1.29 is 24.2 Å². The van der Waals surface area contributed by atoms with Crippen LogP contribution in [-0.2, 0) is 4.79 Å². The zero-order valence-corrected chi connectivity index (χ0v) is 13.4. The van der Waals surface area contributed by atoms with Crippen molar-refractivity contribution in [3.63, 3.8) is 0 Å². The second-order valence-electron chi connectivity index (χ2n) is 3.62. The summed E-state index contributed by atoms with van der Waals surface area (Å²) >= 11 is 6.34. The summed E-state index contributed by atoms with van der Waals surface area (Å²) in [5, 5.41) is 8.69. The number of aliphatic carboxylic acids is 1. The Labute approximate surface area is 127 Å². The lowest BCUT2D eigenvalue weighted by molar-refractivity contribution is -0.136. The molecule has 0 bridgehead atoms. The third-order valence-corrected chi connectivity index (χ3v) is 3.77. The zero-order valence-electron chi connectivity index (χ0n) is 10.3. The average Bonchev–Trinajstić information content (AvgIpc) is 2.36. The maximum atomic E-state index is 12.1. The Bertz CT molecular complexity index is 501. The van der Waals surface area contributed by atoms with Crippen LogP contribution >= 0.6 is 31.9 Å². The van der Waals surface area contributed by atoms with Crippen molar-refractivity contribution in [1.82, 2.24) is 0 Å². The molecule has 0 aliphatic rings. The molecule has 7 heteroatoms. The van der Waals surface area contributed by atoms with Gasteiger partial charge in [0.05, 0.1) is 25.5 Å². The van der Waals surface area contributed by atoms with E-state index in [-0.39, 0.29) is 12.2 Å². The highest BCUT2D eigenvalue weighted by Crippen LogP contribution is 2.34. The van der Waals surface area contributed by atoms with Gasteiger partial charge in [0.25, 0.3) is 0 Å². The fraction of sp³-hybridized carbons (Fsp3) is 0.333. The van der Waals surface area contributed by atoms with E-state index < -0.39 is 10.8 Å². The number of methoxy groups -OCH3 is 2. The van der Waals surface area contributed by atoms with Gasteiger partial charge in [0.15, 0.2) is 17.3 Å². The first kappa shape index (κ1) is 16.0. The van der Waals surface area contributed by atoms with E-state index in [0.29, 0.717) is 21.5 Å². The molecular weight excluding hydrogens is 384 g/mol. The minimum Gasteiger partial charge on any atom is -0.493 e. The van der Waals surface area contributed by atoms with Gasteiger partial charge < -0.3 is 14.6 Å². The van der Waals surface area contributed by atoms with E-state index >= 15 is 0 Å². The number of hydrogen-bond donors (Lipinski definition) is 1. The van der Waals surface area contributed by atoms with E-state index in [4.69, 9.17) is 14.6 Å². The Hall–Kier alpha value is -1.08. The number of halogens is 2. The molecule has 0 aromatic heterocycles. The van der Waals surface area contributed by atoms with Crippen molar-refractivity contribution in [1.29, 1.82) is 0 Å². The van der Waals surface area contributed by atoms with Crippen molar-refractivity contribution in [2.24, 2.45) is 0 Å². The number of carboxylic acid groups (broad SMARTS) is 1. The highest BCUT2D eigenvalue weighted by molar-refractivity contribution is 9.10. The molecule has 0 aliphatic carbocycles. The summed E-state index contributed by atoms with van der Waals surface area (Å²) in [6, 6.07) is 3.12. The van der Waals surface area contributed by atoms with Crippen LogP contribution in [0.15, 0.2) is 16.6 Å². The SMILES string of the molecule is COc1cc(Br)c(C(=O)C(Br)CC(=O)O)cc1OC. The number of ketones is 1. The lowest BCUT2D eigenvalue weighted by Crippen LogP contribution is -2.18. The summed E-state index contributed by atoms with van der Waals surface area (Å²) in [4.78, 5) is 22.0. The molecule has 1 unspecified atom stereocenters. The number of alkyl halides is 1. The molecule has 0 saturated carbocycles. The first-order valence-electron chi connectivity index (χ1n) is 5.22. The van der Waals surface area contributed by atoms with Crippen molar-refractivity contribution in [3.05, 3.63) is 22.2 Å². The predicted molar refractivity (Wildman–Crippen MR) is 76.5 cm³/mol. The molecule has 0 heterocycles. The summed E-state index contributed by atoms with van der Waals surface area (Å²) in [7, 11) is 2.95. The number of benzene rings is 1. The molecule has 0 fully saturated rings. The number of carbonyl (C=O) groups excluding carboxylic acids is 1. The maximum absolute atomic E-state index is 12.1. The Kier molecular flexibility index (Phi) is 5.81. The van der Waals surface area contributed by atoms with Gasteiger partial charge in [-0.2, -0.15) is 0 Å². The normalized spacial score (nSPS) is 11.8. The van der Waals surface area contributed by atoms with E-state index in [1.54, 1.807) is 6.07 Å². The van der Waals surface area contributed by atoms with Crippen LogP contribution in [0.2, 0.25) is 0 Å². The molecule has 0 radical (unpaired) electrons. The van der Waals surface area contributed by atoms with Gasteiger partial charge in [-0.05, 0) is 28.1 Å². The highest BCUT2D eigenvalue weighted by atomic mass is 79.9. The lowest BCUT2D eigenvalue weighted by atomic mass is 10.1. The summed E-state index contributed by atoms with van der Waals surface area (Å²) in [5.41, 5.74) is 0.334. The standard InChI is InChI=1S/C12H12Br2O5/c1-18-9-3-6(7(13)4-10(9)19-2)12(17)8(14)5-11(15)16/h3-4,8H,5H2,1-2H3,(H,15,16). The van der Waals surface area contributed by atoms with E-state index in [2.05, 4.69) is 31.9 Å². The van der Waals surface area contributed by atoms with E-state index in [0.717, 1.165) is 0 Å². The first-order chi connectivity index (χ1) is 8.90. The molecule has 5 nitrogen and oxygen atoms in total. The van der Waals surface area contributed by atoms with Crippen LogP contribution in [0.4, 0.5) is 0 Å². The van der Waals surface area contributed by atoms with Gasteiger partial charge in [-0.3, -0.25) is 9.59 Å². The van der Waals surface area contributed by atoms with Crippen LogP contribution in [0.1, 0.15) is 16.8 Å². The van der Waals surface area contributed by atoms with Crippen molar-refractivity contribution in [2.75, 3.05) is 14.2 Å². The fourth-order valence-electron chi connectivity index (χ4n) is 1.46. The molecule has 0 spiro atoms. The second kappa shape index (κ2) is 6.91. The van der Waals surface area contributed by atoms with Gasteiger partial charge in [-0.25, -0.2) is 0 Å². The topological polar surface area (TPSA) is 72.8 Å². The van der Waals surface area contributed by atoms with Gasteiger partial charge in [-0.15, -0.1) is 0 Å². The van der Waals surface area contributed by atoms with Gasteiger partial charge >= 0.3 is 5.97 Å². The molecule has 0 saturated heterocycles. The summed E-state index contributed by atoms with van der Waals surface area (Å²) in [6.45, 7) is 0. The monoisotopic (exact) mass is 394 g/mol. The zero-order chi connectivity index (χ0) is 14.6. The Morgan fingerprint density at radius 2 is 1.79 bits per heavy atom. The number of Topliss-reactive ketones (excluding diaryl/α,β-unsaturated/α-hetero) is 1. The molecular formula is C12H12Br2O5. The summed E-state index contributed by atoms with van der Waals surface area (Å²) in [6.07, 6.45) is -0.292. The highest BCUT2D eigenvalue weighted by Gasteiger charge is 2.23. The molecule has 1 aromatic carbocycles. The molecule has 1 aromatic rings. The molecule has 19 heavy (non-hydrogen) atoms. The predicted octanol–water partition coefficient (Wildman–Crippen LogP) is 2.89. The molecule has 0 aliphatic heterocycles. The summed E-state index contributed by atoms with van der Waals surface area (Å²) < 4.78 is 10.7. The minimum atomic E-state index is -1.05. The second-order valence-corrected chi connectivity index (χ2v) is 5.58. The van der Waals surface area contributed by atoms with Gasteiger partial charge in [0.2, 0.25) is 0 Å². The fourth-order valence-corrected chi connectivity index (χ4v) is 2.50. The third-order valence-electron chi connectivity index (χ3n) is 2.38. The maximum Gasteiger partial charge on any atom is 0.304 e. The van der Waals surface area contributed by atoms with Crippen LogP contribution < -0.4 is 9.47 Å². The van der Waals surface area contributed by atoms with Crippen molar-refractivity contribution >= 4 is 43.6 Å². The number of rotatable bonds is 6. The molecule has 1 atom stereocenters. The van der Waals surface area contributed by atoms with E-state index in [9.17, 15) is 9.59 Å². The first-order valence-corrected chi connectivity index (χ1v) is 6.93. The quantitative estimate of drug-likeness (QED) is 0.592. The minimum absolute atomic E-state index is 0.292. The van der Waals surface area contributed by atoms with Crippen LogP contribution in [0.25, 0.3) is 0 Å². The van der Waals surface area contributed by atoms with Crippen LogP contribution in [-0.4, -0.2) is 35.9 Å². The molecule has 1 N–H and O–H groups in total. The summed E-state index contributed by atoms with van der Waals surface area (Å²) in [5.74, 6) is -0.499. The van der Waals surface area contributed by atoms with E-state index in [1.165, 1.54) is 20.3 Å². The Balaban J connectivity index is 3.13. The molecule has 1 rings (SSSR count). The molecule has 104 valence electrons. The van der Waals surface area contributed by atoms with Crippen molar-refractivity contribution in [2.45, 2.75) is 11.2 Å². The van der Waals surface area contributed by atoms with Gasteiger partial charge in [0, 0.05) is 10.0 Å². The number of carboxylic acids is 1. The third kappa shape index (κ3) is 3.94.